The Morgan fingerprint density at radius 2 is 2.18 bits per heavy atom. The van der Waals surface area contributed by atoms with Gasteiger partial charge in [-0.3, -0.25) is 0 Å². The summed E-state index contributed by atoms with van der Waals surface area (Å²) >= 11 is 0. The van der Waals surface area contributed by atoms with E-state index in [9.17, 15) is 0 Å². The summed E-state index contributed by atoms with van der Waals surface area (Å²) in [4.78, 5) is 4.31. The molecule has 0 saturated carbocycles. The molecule has 4 nitrogen and oxygen atoms in total. The Morgan fingerprint density at radius 1 is 1.45 bits per heavy atom. The molecule has 0 amide bonds. The Labute approximate surface area is 65.8 Å². The largest absolute Gasteiger partial charge is 0.463 e. The molecular weight excluding hydrogens is 142 g/mol. The standard InChI is InChI=1S/C7H13N3O/c8-6-10-7(5-11-6)1-3-9-4-2-7/h9H,1-5H2,(H2,8,10). The van der Waals surface area contributed by atoms with E-state index in [1.807, 2.05) is 0 Å². The van der Waals surface area contributed by atoms with E-state index in [0.29, 0.717) is 12.6 Å². The van der Waals surface area contributed by atoms with Gasteiger partial charge in [0.1, 0.15) is 12.1 Å². The molecule has 2 aliphatic heterocycles. The molecule has 2 heterocycles. The van der Waals surface area contributed by atoms with Crippen LogP contribution in [0.4, 0.5) is 0 Å². The third-order valence-electron chi connectivity index (χ3n) is 2.37. The molecule has 0 unspecified atom stereocenters. The number of piperidine rings is 1. The van der Waals surface area contributed by atoms with Crippen molar-refractivity contribution in [3.05, 3.63) is 0 Å². The SMILES string of the molecule is NC1=NC2(CCNCC2)CO1. The van der Waals surface area contributed by atoms with Crippen molar-refractivity contribution in [3.63, 3.8) is 0 Å². The van der Waals surface area contributed by atoms with Crippen LogP contribution >= 0.6 is 0 Å². The lowest BCUT2D eigenvalue weighted by molar-refractivity contribution is 0.213. The van der Waals surface area contributed by atoms with Crippen molar-refractivity contribution in [1.29, 1.82) is 0 Å². The lowest BCUT2D eigenvalue weighted by Crippen LogP contribution is -2.41. The second-order valence-corrected chi connectivity index (χ2v) is 3.21. The molecule has 0 aromatic heterocycles. The molecule has 0 bridgehead atoms. The summed E-state index contributed by atoms with van der Waals surface area (Å²) in [6.07, 6.45) is 2.10. The Balaban J connectivity index is 2.09. The first-order valence-electron chi connectivity index (χ1n) is 4.00. The summed E-state index contributed by atoms with van der Waals surface area (Å²) in [5.41, 5.74) is 5.47. The second kappa shape index (κ2) is 2.37. The van der Waals surface area contributed by atoms with Crippen molar-refractivity contribution < 1.29 is 4.74 Å². The number of rotatable bonds is 0. The van der Waals surface area contributed by atoms with Gasteiger partial charge in [-0.15, -0.1) is 0 Å². The highest BCUT2D eigenvalue weighted by Crippen LogP contribution is 2.27. The van der Waals surface area contributed by atoms with Gasteiger partial charge in [0.05, 0.1) is 0 Å². The average Bonchev–Trinajstić information content (AvgIpc) is 2.34. The Hall–Kier alpha value is -0.770. The Bertz CT molecular complexity index is 184. The minimum absolute atomic E-state index is 0.0231. The lowest BCUT2D eigenvalue weighted by Gasteiger charge is -2.28. The predicted octanol–water partition coefficient (Wildman–Crippen LogP) is -0.547. The first kappa shape index (κ1) is 6.91. The van der Waals surface area contributed by atoms with E-state index in [0.717, 1.165) is 25.9 Å². The van der Waals surface area contributed by atoms with Gasteiger partial charge in [0.2, 0.25) is 0 Å². The zero-order valence-electron chi connectivity index (χ0n) is 6.47. The van der Waals surface area contributed by atoms with Crippen molar-refractivity contribution in [2.75, 3.05) is 19.7 Å². The topological polar surface area (TPSA) is 59.6 Å². The van der Waals surface area contributed by atoms with Crippen molar-refractivity contribution in [2.24, 2.45) is 10.7 Å². The van der Waals surface area contributed by atoms with Crippen molar-refractivity contribution in [1.82, 2.24) is 5.32 Å². The van der Waals surface area contributed by atoms with Gasteiger partial charge in [-0.05, 0) is 25.9 Å². The van der Waals surface area contributed by atoms with Gasteiger partial charge in [-0.2, -0.15) is 0 Å². The van der Waals surface area contributed by atoms with E-state index in [4.69, 9.17) is 10.5 Å². The summed E-state index contributed by atoms with van der Waals surface area (Å²) < 4.78 is 5.15. The zero-order valence-corrected chi connectivity index (χ0v) is 6.47. The number of aliphatic imine (C=N–C) groups is 1. The lowest BCUT2D eigenvalue weighted by atomic mass is 9.91. The van der Waals surface area contributed by atoms with Crippen molar-refractivity contribution in [3.8, 4) is 0 Å². The normalized spacial score (nSPS) is 28.2. The maximum Gasteiger partial charge on any atom is 0.282 e. The van der Waals surface area contributed by atoms with E-state index in [-0.39, 0.29) is 5.54 Å². The van der Waals surface area contributed by atoms with Crippen LogP contribution in [-0.4, -0.2) is 31.3 Å². The summed E-state index contributed by atoms with van der Waals surface area (Å²) in [5, 5.41) is 3.29. The van der Waals surface area contributed by atoms with E-state index in [2.05, 4.69) is 10.3 Å². The van der Waals surface area contributed by atoms with Crippen LogP contribution in [0.15, 0.2) is 4.99 Å². The number of hydrogen-bond acceptors (Lipinski definition) is 4. The van der Waals surface area contributed by atoms with Crippen LogP contribution in [0, 0.1) is 0 Å². The van der Waals surface area contributed by atoms with E-state index in [1.165, 1.54) is 0 Å². The third kappa shape index (κ3) is 1.18. The highest BCUT2D eigenvalue weighted by Gasteiger charge is 2.36. The highest BCUT2D eigenvalue weighted by molar-refractivity contribution is 5.73. The van der Waals surface area contributed by atoms with Crippen LogP contribution in [0.5, 0.6) is 0 Å². The monoisotopic (exact) mass is 155 g/mol. The van der Waals surface area contributed by atoms with Gasteiger partial charge in [0, 0.05) is 0 Å². The Kier molecular flexibility index (Phi) is 1.49. The van der Waals surface area contributed by atoms with Gasteiger partial charge in [0.15, 0.2) is 0 Å². The predicted molar refractivity (Wildman–Crippen MR) is 42.4 cm³/mol. The maximum absolute atomic E-state index is 5.45. The quantitative estimate of drug-likeness (QED) is 0.493. The van der Waals surface area contributed by atoms with Gasteiger partial charge in [0.25, 0.3) is 6.02 Å². The molecule has 62 valence electrons. The molecule has 0 aromatic rings. The zero-order chi connectivity index (χ0) is 7.73. The summed E-state index contributed by atoms with van der Waals surface area (Å²) in [7, 11) is 0. The van der Waals surface area contributed by atoms with E-state index >= 15 is 0 Å². The molecule has 1 spiro atoms. The fourth-order valence-corrected chi connectivity index (χ4v) is 1.65. The van der Waals surface area contributed by atoms with Crippen LogP contribution in [0.2, 0.25) is 0 Å². The average molecular weight is 155 g/mol. The number of nitrogens with two attached hydrogens (primary N) is 1. The fourth-order valence-electron chi connectivity index (χ4n) is 1.65. The van der Waals surface area contributed by atoms with Gasteiger partial charge in [-0.1, -0.05) is 0 Å². The summed E-state index contributed by atoms with van der Waals surface area (Å²) in [6, 6.07) is 0.368. The number of nitrogens with zero attached hydrogens (tertiary/aromatic N) is 1. The first-order chi connectivity index (χ1) is 5.31. The number of nitrogens with one attached hydrogen (secondary N) is 1. The van der Waals surface area contributed by atoms with Crippen LogP contribution < -0.4 is 11.1 Å². The molecule has 0 aromatic carbocycles. The number of hydrogen-bond donors (Lipinski definition) is 2. The first-order valence-corrected chi connectivity index (χ1v) is 4.00. The highest BCUT2D eigenvalue weighted by atomic mass is 16.5. The van der Waals surface area contributed by atoms with E-state index < -0.39 is 0 Å². The summed E-state index contributed by atoms with van der Waals surface area (Å²) in [5.74, 6) is 0. The molecule has 1 saturated heterocycles. The minimum atomic E-state index is 0.0231. The van der Waals surface area contributed by atoms with Gasteiger partial charge >= 0.3 is 0 Å². The molecule has 1 fully saturated rings. The smallest absolute Gasteiger partial charge is 0.282 e. The number of amidine groups is 1. The maximum atomic E-state index is 5.45. The molecule has 0 radical (unpaired) electrons. The molecule has 11 heavy (non-hydrogen) atoms. The van der Waals surface area contributed by atoms with E-state index in [1.54, 1.807) is 0 Å². The van der Waals surface area contributed by atoms with Crippen molar-refractivity contribution >= 4 is 6.02 Å². The summed E-state index contributed by atoms with van der Waals surface area (Å²) in [6.45, 7) is 2.74. The minimum Gasteiger partial charge on any atom is -0.463 e. The van der Waals surface area contributed by atoms with Crippen LogP contribution in [0.25, 0.3) is 0 Å². The van der Waals surface area contributed by atoms with Gasteiger partial charge < -0.3 is 15.8 Å². The van der Waals surface area contributed by atoms with Crippen LogP contribution in [0.3, 0.4) is 0 Å². The third-order valence-corrected chi connectivity index (χ3v) is 2.37. The Morgan fingerprint density at radius 3 is 2.73 bits per heavy atom. The fraction of sp³-hybridized carbons (Fsp3) is 0.857. The van der Waals surface area contributed by atoms with Gasteiger partial charge in [-0.25, -0.2) is 4.99 Å². The molecule has 0 aliphatic carbocycles. The molecule has 2 rings (SSSR count). The molecule has 3 N–H and O–H groups in total. The number of ether oxygens (including phenoxy) is 1. The van der Waals surface area contributed by atoms with Crippen LogP contribution in [-0.2, 0) is 4.74 Å². The van der Waals surface area contributed by atoms with Crippen molar-refractivity contribution in [2.45, 2.75) is 18.4 Å². The molecule has 2 aliphatic rings. The van der Waals surface area contributed by atoms with Crippen LogP contribution in [0.1, 0.15) is 12.8 Å². The molecular formula is C7H13N3O. The second-order valence-electron chi connectivity index (χ2n) is 3.21. The molecule has 4 heteroatoms. The molecule has 0 atom stereocenters.